The smallest absolute Gasteiger partial charge is 0.324 e. The minimum absolute atomic E-state index is 0.0419. The van der Waals surface area contributed by atoms with Crippen LogP contribution in [-0.4, -0.2) is 39.9 Å². The van der Waals surface area contributed by atoms with Gasteiger partial charge in [0.05, 0.1) is 12.0 Å². The maximum absolute atomic E-state index is 12.3. The number of Topliss-reactive ketones (excluding diaryl/α,β-unsaturated/α-hetero) is 1. The fourth-order valence-electron chi connectivity index (χ4n) is 2.21. The second-order valence-electron chi connectivity index (χ2n) is 5.92. The van der Waals surface area contributed by atoms with Crippen molar-refractivity contribution in [3.63, 3.8) is 0 Å². The van der Waals surface area contributed by atoms with Gasteiger partial charge in [0, 0.05) is 5.56 Å². The molecule has 0 amide bonds. The fraction of sp³-hybridized carbons (Fsp3) is 0.263. The van der Waals surface area contributed by atoms with E-state index >= 15 is 0 Å². The number of carbonyl (C=O) groups is 2. The Kier molecular flexibility index (Phi) is 6.70. The summed E-state index contributed by atoms with van der Waals surface area (Å²) in [5.41, 5.74) is 1.24. The van der Waals surface area contributed by atoms with Gasteiger partial charge < -0.3 is 9.47 Å². The SMILES string of the molecule is COc1cccc(C(=O)COC(=O)[C@H](C)NS(=O)(=O)c2ccc(C)cc2)c1. The summed E-state index contributed by atoms with van der Waals surface area (Å²) < 4.78 is 36.8. The van der Waals surface area contributed by atoms with E-state index in [1.54, 1.807) is 30.3 Å². The Balaban J connectivity index is 1.95. The third kappa shape index (κ3) is 5.63. The van der Waals surface area contributed by atoms with Crippen molar-refractivity contribution in [2.24, 2.45) is 0 Å². The first-order chi connectivity index (χ1) is 12.7. The Morgan fingerprint density at radius 3 is 2.41 bits per heavy atom. The van der Waals surface area contributed by atoms with Crippen molar-refractivity contribution in [3.05, 3.63) is 59.7 Å². The molecule has 0 bridgehead atoms. The highest BCUT2D eigenvalue weighted by molar-refractivity contribution is 7.89. The standard InChI is InChI=1S/C19H21NO6S/c1-13-7-9-17(10-8-13)27(23,24)20-14(2)19(22)26-12-18(21)15-5-4-6-16(11-15)25-3/h4-11,14,20H,12H2,1-3H3/t14-/m0/s1. The van der Waals surface area contributed by atoms with Crippen LogP contribution in [-0.2, 0) is 19.6 Å². The average molecular weight is 391 g/mol. The Morgan fingerprint density at radius 2 is 1.78 bits per heavy atom. The lowest BCUT2D eigenvalue weighted by Gasteiger charge is -2.14. The van der Waals surface area contributed by atoms with Crippen molar-refractivity contribution < 1.29 is 27.5 Å². The topological polar surface area (TPSA) is 98.8 Å². The lowest BCUT2D eigenvalue weighted by atomic mass is 10.1. The molecule has 7 nitrogen and oxygen atoms in total. The van der Waals surface area contributed by atoms with E-state index in [1.165, 1.54) is 32.2 Å². The number of ketones is 1. The van der Waals surface area contributed by atoms with Gasteiger partial charge in [-0.1, -0.05) is 29.8 Å². The first-order valence-corrected chi connectivity index (χ1v) is 9.64. The van der Waals surface area contributed by atoms with Crippen molar-refractivity contribution >= 4 is 21.8 Å². The Morgan fingerprint density at radius 1 is 1.11 bits per heavy atom. The van der Waals surface area contributed by atoms with Crippen molar-refractivity contribution in [1.82, 2.24) is 4.72 Å². The third-order valence-electron chi connectivity index (χ3n) is 3.75. The van der Waals surface area contributed by atoms with Crippen molar-refractivity contribution in [2.75, 3.05) is 13.7 Å². The highest BCUT2D eigenvalue weighted by Gasteiger charge is 2.23. The molecular formula is C19H21NO6S. The molecule has 0 aliphatic carbocycles. The normalized spacial score (nSPS) is 12.3. The van der Waals surface area contributed by atoms with Crippen LogP contribution in [0.4, 0.5) is 0 Å². The van der Waals surface area contributed by atoms with Gasteiger partial charge in [-0.3, -0.25) is 9.59 Å². The molecular weight excluding hydrogens is 370 g/mol. The number of hydrogen-bond acceptors (Lipinski definition) is 6. The van der Waals surface area contributed by atoms with Gasteiger partial charge in [0.1, 0.15) is 11.8 Å². The van der Waals surface area contributed by atoms with Crippen LogP contribution < -0.4 is 9.46 Å². The van der Waals surface area contributed by atoms with Crippen LogP contribution in [0.5, 0.6) is 5.75 Å². The summed E-state index contributed by atoms with van der Waals surface area (Å²) in [7, 11) is -2.40. The van der Waals surface area contributed by atoms with Gasteiger partial charge in [0.15, 0.2) is 12.4 Å². The molecule has 0 fully saturated rings. The molecule has 0 unspecified atom stereocenters. The summed E-state index contributed by atoms with van der Waals surface area (Å²) in [6.45, 7) is 2.69. The van der Waals surface area contributed by atoms with Crippen molar-refractivity contribution in [3.8, 4) is 5.75 Å². The average Bonchev–Trinajstić information content (AvgIpc) is 2.65. The van der Waals surface area contributed by atoms with Crippen LogP contribution in [0.3, 0.4) is 0 Å². The molecule has 0 radical (unpaired) electrons. The zero-order valence-corrected chi connectivity index (χ0v) is 16.1. The van der Waals surface area contributed by atoms with E-state index in [0.717, 1.165) is 5.56 Å². The summed E-state index contributed by atoms with van der Waals surface area (Å²) >= 11 is 0. The number of esters is 1. The predicted octanol–water partition coefficient (Wildman–Crippen LogP) is 2.10. The van der Waals surface area contributed by atoms with E-state index in [-0.39, 0.29) is 4.90 Å². The quantitative estimate of drug-likeness (QED) is 0.547. The highest BCUT2D eigenvalue weighted by atomic mass is 32.2. The van der Waals surface area contributed by atoms with Crippen LogP contribution in [0.2, 0.25) is 0 Å². The second kappa shape index (κ2) is 8.79. The van der Waals surface area contributed by atoms with Gasteiger partial charge >= 0.3 is 5.97 Å². The zero-order chi connectivity index (χ0) is 20.0. The zero-order valence-electron chi connectivity index (χ0n) is 15.3. The van der Waals surface area contributed by atoms with E-state index < -0.39 is 34.4 Å². The van der Waals surface area contributed by atoms with Gasteiger partial charge in [-0.25, -0.2) is 8.42 Å². The molecule has 144 valence electrons. The number of hydrogen-bond donors (Lipinski definition) is 1. The van der Waals surface area contributed by atoms with Crippen LogP contribution in [0.1, 0.15) is 22.8 Å². The molecule has 0 saturated carbocycles. The first-order valence-electron chi connectivity index (χ1n) is 8.16. The number of methoxy groups -OCH3 is 1. The van der Waals surface area contributed by atoms with Crippen LogP contribution in [0.25, 0.3) is 0 Å². The fourth-order valence-corrected chi connectivity index (χ4v) is 3.40. The second-order valence-corrected chi connectivity index (χ2v) is 7.63. The number of ether oxygens (including phenoxy) is 2. The van der Waals surface area contributed by atoms with Crippen molar-refractivity contribution in [2.45, 2.75) is 24.8 Å². The minimum Gasteiger partial charge on any atom is -0.497 e. The number of sulfonamides is 1. The van der Waals surface area contributed by atoms with Crippen LogP contribution >= 0.6 is 0 Å². The number of benzene rings is 2. The third-order valence-corrected chi connectivity index (χ3v) is 5.31. The number of aryl methyl sites for hydroxylation is 1. The summed E-state index contributed by atoms with van der Waals surface area (Å²) in [5.74, 6) is -0.760. The number of carbonyl (C=O) groups excluding carboxylic acids is 2. The largest absolute Gasteiger partial charge is 0.497 e. The van der Waals surface area contributed by atoms with Gasteiger partial charge in [0.2, 0.25) is 10.0 Å². The van der Waals surface area contributed by atoms with Gasteiger partial charge in [0.25, 0.3) is 0 Å². The first kappa shape index (κ1) is 20.6. The lowest BCUT2D eigenvalue weighted by Crippen LogP contribution is -2.40. The van der Waals surface area contributed by atoms with E-state index in [2.05, 4.69) is 4.72 Å². The van der Waals surface area contributed by atoms with Crippen molar-refractivity contribution in [1.29, 1.82) is 0 Å². The molecule has 0 saturated heterocycles. The number of rotatable bonds is 8. The van der Waals surface area contributed by atoms with Gasteiger partial charge in [-0.05, 0) is 38.1 Å². The molecule has 1 atom stereocenters. The van der Waals surface area contributed by atoms with Crippen LogP contribution in [0, 0.1) is 6.92 Å². The maximum atomic E-state index is 12.3. The Hall–Kier alpha value is -2.71. The van der Waals surface area contributed by atoms with E-state index in [4.69, 9.17) is 9.47 Å². The molecule has 0 heterocycles. The Bertz CT molecular complexity index is 921. The summed E-state index contributed by atoms with van der Waals surface area (Å²) in [6.07, 6.45) is 0. The molecule has 0 spiro atoms. The van der Waals surface area contributed by atoms with E-state index in [1.807, 2.05) is 6.92 Å². The summed E-state index contributed by atoms with van der Waals surface area (Å²) in [4.78, 5) is 24.2. The summed E-state index contributed by atoms with van der Waals surface area (Å²) in [6, 6.07) is 11.5. The summed E-state index contributed by atoms with van der Waals surface area (Å²) in [5, 5.41) is 0. The minimum atomic E-state index is -3.87. The maximum Gasteiger partial charge on any atom is 0.324 e. The highest BCUT2D eigenvalue weighted by Crippen LogP contribution is 2.14. The predicted molar refractivity (Wildman–Crippen MR) is 99.2 cm³/mol. The van der Waals surface area contributed by atoms with Gasteiger partial charge in [-0.15, -0.1) is 0 Å². The number of nitrogens with one attached hydrogen (secondary N) is 1. The molecule has 2 aromatic carbocycles. The monoisotopic (exact) mass is 391 g/mol. The molecule has 0 aliphatic rings. The Labute approximate surface area is 158 Å². The van der Waals surface area contributed by atoms with Gasteiger partial charge in [-0.2, -0.15) is 4.72 Å². The van der Waals surface area contributed by atoms with Crippen LogP contribution in [0.15, 0.2) is 53.4 Å². The molecule has 0 aromatic heterocycles. The van der Waals surface area contributed by atoms with E-state index in [9.17, 15) is 18.0 Å². The molecule has 1 N–H and O–H groups in total. The molecule has 2 rings (SSSR count). The molecule has 27 heavy (non-hydrogen) atoms. The lowest BCUT2D eigenvalue weighted by molar-refractivity contribution is -0.144. The molecule has 0 aliphatic heterocycles. The van der Waals surface area contributed by atoms with E-state index in [0.29, 0.717) is 11.3 Å². The molecule has 2 aromatic rings. The molecule has 8 heteroatoms.